The van der Waals surface area contributed by atoms with E-state index in [1.807, 2.05) is 0 Å². The average molecular weight is 285 g/mol. The third-order valence-corrected chi connectivity index (χ3v) is 3.93. The average Bonchev–Trinajstić information content (AvgIpc) is 2.44. The Hall–Kier alpha value is -1.79. The number of carbonyl (C=O) groups excluding carboxylic acids is 2. The summed E-state index contributed by atoms with van der Waals surface area (Å²) < 4.78 is 0. The second-order valence-corrected chi connectivity index (χ2v) is 5.48. The van der Waals surface area contributed by atoms with Crippen LogP contribution in [-0.4, -0.2) is 66.5 Å². The summed E-state index contributed by atoms with van der Waals surface area (Å²) in [6, 6.07) is -0.152. The van der Waals surface area contributed by atoms with Crippen molar-refractivity contribution in [3.05, 3.63) is 0 Å². The third-order valence-electron chi connectivity index (χ3n) is 3.93. The van der Waals surface area contributed by atoms with Gasteiger partial charge in [0.2, 0.25) is 5.91 Å². The van der Waals surface area contributed by atoms with E-state index in [9.17, 15) is 14.4 Å². The van der Waals surface area contributed by atoms with Crippen molar-refractivity contribution < 1.29 is 19.5 Å². The number of nitrogens with one attached hydrogen (secondary N) is 1. The smallest absolute Gasteiger partial charge is 0.319 e. The van der Waals surface area contributed by atoms with Crippen LogP contribution >= 0.6 is 0 Å². The van der Waals surface area contributed by atoms with Crippen LogP contribution in [-0.2, 0) is 9.59 Å². The Balaban J connectivity index is 2.46. The second kappa shape index (κ2) is 6.58. The minimum Gasteiger partial charge on any atom is -0.481 e. The number of amides is 3. The molecule has 7 nitrogen and oxygen atoms in total. The van der Waals surface area contributed by atoms with Crippen LogP contribution in [0.1, 0.15) is 26.2 Å². The summed E-state index contributed by atoms with van der Waals surface area (Å²) in [5.41, 5.74) is -0.739. The fourth-order valence-electron chi connectivity index (χ4n) is 2.14. The van der Waals surface area contributed by atoms with E-state index in [0.717, 1.165) is 0 Å². The molecule has 1 saturated heterocycles. The van der Waals surface area contributed by atoms with E-state index < -0.39 is 11.4 Å². The van der Waals surface area contributed by atoms with Crippen molar-refractivity contribution in [1.29, 1.82) is 0 Å². The van der Waals surface area contributed by atoms with Crippen LogP contribution in [0.3, 0.4) is 0 Å². The molecule has 114 valence electrons. The summed E-state index contributed by atoms with van der Waals surface area (Å²) in [5, 5.41) is 11.7. The van der Waals surface area contributed by atoms with Crippen molar-refractivity contribution >= 4 is 17.9 Å². The van der Waals surface area contributed by atoms with Crippen molar-refractivity contribution in [3.63, 3.8) is 0 Å². The number of hydrogen-bond donors (Lipinski definition) is 2. The highest BCUT2D eigenvalue weighted by atomic mass is 16.4. The maximum atomic E-state index is 12.2. The molecule has 7 heteroatoms. The lowest BCUT2D eigenvalue weighted by Crippen LogP contribution is -2.49. The molecule has 0 bridgehead atoms. The molecular weight excluding hydrogens is 262 g/mol. The van der Waals surface area contributed by atoms with E-state index in [4.69, 9.17) is 5.11 Å². The van der Waals surface area contributed by atoms with Gasteiger partial charge in [0.25, 0.3) is 0 Å². The predicted octanol–water partition coefficient (Wildman–Crippen LogP) is 0.361. The van der Waals surface area contributed by atoms with Gasteiger partial charge in [0.15, 0.2) is 0 Å². The van der Waals surface area contributed by atoms with Gasteiger partial charge in [-0.1, -0.05) is 0 Å². The first-order valence-electron chi connectivity index (χ1n) is 6.74. The lowest BCUT2D eigenvalue weighted by Gasteiger charge is -2.38. The van der Waals surface area contributed by atoms with Crippen LogP contribution in [0.15, 0.2) is 0 Å². The fraction of sp³-hybridized carbons (Fsp3) is 0.769. The molecule has 0 saturated carbocycles. The van der Waals surface area contributed by atoms with E-state index in [1.54, 1.807) is 25.9 Å². The minimum atomic E-state index is -0.808. The highest BCUT2D eigenvalue weighted by molar-refractivity contribution is 5.78. The van der Waals surface area contributed by atoms with E-state index >= 15 is 0 Å². The van der Waals surface area contributed by atoms with Crippen LogP contribution in [0.2, 0.25) is 0 Å². The maximum Gasteiger partial charge on any atom is 0.319 e. The Morgan fingerprint density at radius 1 is 1.30 bits per heavy atom. The molecule has 0 aromatic carbocycles. The van der Waals surface area contributed by atoms with E-state index in [-0.39, 0.29) is 18.4 Å². The summed E-state index contributed by atoms with van der Waals surface area (Å²) in [4.78, 5) is 37.6. The largest absolute Gasteiger partial charge is 0.481 e. The number of urea groups is 1. The molecule has 1 fully saturated rings. The molecule has 1 aliphatic rings. The first-order chi connectivity index (χ1) is 9.30. The van der Waals surface area contributed by atoms with E-state index in [2.05, 4.69) is 5.32 Å². The first kappa shape index (κ1) is 16.3. The zero-order valence-electron chi connectivity index (χ0n) is 12.3. The number of carbonyl (C=O) groups is 3. The highest BCUT2D eigenvalue weighted by Crippen LogP contribution is 2.31. The number of likely N-dealkylation sites (tertiary alicyclic amines) is 1. The molecule has 1 aliphatic heterocycles. The maximum absolute atomic E-state index is 12.2. The molecule has 20 heavy (non-hydrogen) atoms. The number of hydrogen-bond acceptors (Lipinski definition) is 3. The van der Waals surface area contributed by atoms with Gasteiger partial charge in [-0.2, -0.15) is 0 Å². The lowest BCUT2D eigenvalue weighted by atomic mass is 9.80. The zero-order valence-corrected chi connectivity index (χ0v) is 12.3. The van der Waals surface area contributed by atoms with Gasteiger partial charge in [0, 0.05) is 40.2 Å². The lowest BCUT2D eigenvalue weighted by molar-refractivity contribution is -0.150. The predicted molar refractivity (Wildman–Crippen MR) is 73.3 cm³/mol. The van der Waals surface area contributed by atoms with Gasteiger partial charge in [-0.3, -0.25) is 9.59 Å². The van der Waals surface area contributed by atoms with Crippen molar-refractivity contribution in [1.82, 2.24) is 15.1 Å². The highest BCUT2D eigenvalue weighted by Gasteiger charge is 2.38. The van der Waals surface area contributed by atoms with Gasteiger partial charge in [-0.15, -0.1) is 0 Å². The minimum absolute atomic E-state index is 0.109. The molecule has 1 heterocycles. The number of carboxylic acid groups (broad SMARTS) is 1. The normalized spacial score (nSPS) is 17.4. The number of rotatable bonds is 4. The van der Waals surface area contributed by atoms with Gasteiger partial charge < -0.3 is 20.2 Å². The zero-order chi connectivity index (χ0) is 15.3. The van der Waals surface area contributed by atoms with Gasteiger partial charge in [0.05, 0.1) is 5.41 Å². The number of piperidine rings is 1. The summed E-state index contributed by atoms with van der Waals surface area (Å²) in [7, 11) is 3.21. The van der Waals surface area contributed by atoms with Crippen LogP contribution in [0.25, 0.3) is 0 Å². The second-order valence-electron chi connectivity index (χ2n) is 5.48. The molecule has 0 aromatic rings. The molecule has 0 aliphatic carbocycles. The Morgan fingerprint density at radius 3 is 2.30 bits per heavy atom. The SMILES string of the molecule is CNC(=O)CCN(C)C(=O)N1CCC(C)(C(=O)O)CC1. The molecule has 1 rings (SSSR count). The van der Waals surface area contributed by atoms with Crippen LogP contribution in [0.5, 0.6) is 0 Å². The van der Waals surface area contributed by atoms with Crippen molar-refractivity contribution in [3.8, 4) is 0 Å². The summed E-state index contributed by atoms with van der Waals surface area (Å²) >= 11 is 0. The fourth-order valence-corrected chi connectivity index (χ4v) is 2.14. The van der Waals surface area contributed by atoms with E-state index in [0.29, 0.717) is 32.5 Å². The van der Waals surface area contributed by atoms with E-state index in [1.165, 1.54) is 4.90 Å². The molecule has 0 atom stereocenters. The molecule has 0 aromatic heterocycles. The molecule has 3 amide bonds. The number of carboxylic acids is 1. The molecule has 0 radical (unpaired) electrons. The first-order valence-corrected chi connectivity index (χ1v) is 6.74. The molecule has 2 N–H and O–H groups in total. The van der Waals surface area contributed by atoms with Gasteiger partial charge in [-0.25, -0.2) is 4.79 Å². The Kier molecular flexibility index (Phi) is 5.35. The van der Waals surface area contributed by atoms with Crippen molar-refractivity contribution in [2.75, 3.05) is 33.7 Å². The van der Waals surface area contributed by atoms with Gasteiger partial charge in [-0.05, 0) is 19.8 Å². The standard InChI is InChI=1S/C13H23N3O4/c1-13(11(18)19)5-8-16(9-6-13)12(20)15(3)7-4-10(17)14-2/h4-9H2,1-3H3,(H,14,17)(H,18,19). The quantitative estimate of drug-likeness (QED) is 0.780. The Morgan fingerprint density at radius 2 is 1.85 bits per heavy atom. The Labute approximate surface area is 118 Å². The third kappa shape index (κ3) is 3.85. The Bertz CT molecular complexity index is 389. The summed E-state index contributed by atoms with van der Waals surface area (Å²) in [6.45, 7) is 2.94. The molecule has 0 unspecified atom stereocenters. The number of aliphatic carboxylic acids is 1. The summed E-state index contributed by atoms with van der Waals surface area (Å²) in [5.74, 6) is -0.917. The van der Waals surface area contributed by atoms with Crippen molar-refractivity contribution in [2.45, 2.75) is 26.2 Å². The van der Waals surface area contributed by atoms with Crippen LogP contribution in [0, 0.1) is 5.41 Å². The topological polar surface area (TPSA) is 90.0 Å². The van der Waals surface area contributed by atoms with Crippen molar-refractivity contribution in [2.24, 2.45) is 5.41 Å². The molecule has 0 spiro atoms. The van der Waals surface area contributed by atoms with Gasteiger partial charge >= 0.3 is 12.0 Å². The van der Waals surface area contributed by atoms with Crippen LogP contribution in [0.4, 0.5) is 4.79 Å². The monoisotopic (exact) mass is 285 g/mol. The van der Waals surface area contributed by atoms with Crippen LogP contribution < -0.4 is 5.32 Å². The van der Waals surface area contributed by atoms with Gasteiger partial charge in [0.1, 0.15) is 0 Å². The number of nitrogens with zero attached hydrogens (tertiary/aromatic N) is 2. The molecular formula is C13H23N3O4. The summed E-state index contributed by atoms with van der Waals surface area (Å²) in [6.07, 6.45) is 1.17.